The van der Waals surface area contributed by atoms with E-state index in [1.807, 2.05) is 42.5 Å². The molecule has 0 saturated carbocycles. The van der Waals surface area contributed by atoms with Crippen LogP contribution in [-0.2, 0) is 4.79 Å². The molecule has 2 aromatic heterocycles. The summed E-state index contributed by atoms with van der Waals surface area (Å²) in [5.74, 6) is 0.455. The van der Waals surface area contributed by atoms with Crippen LogP contribution in [0.4, 0.5) is 17.3 Å². The van der Waals surface area contributed by atoms with E-state index in [-0.39, 0.29) is 11.6 Å². The molecule has 0 saturated heterocycles. The highest BCUT2D eigenvalue weighted by atomic mass is 16.6. The van der Waals surface area contributed by atoms with Gasteiger partial charge in [0.1, 0.15) is 6.04 Å². The third kappa shape index (κ3) is 3.88. The van der Waals surface area contributed by atoms with E-state index in [0.29, 0.717) is 34.3 Å². The number of fused-ring (bicyclic) bond motifs is 1. The normalized spacial score (nSPS) is 14.8. The first-order valence-electron chi connectivity index (χ1n) is 10.5. The average Bonchev–Trinajstić information content (AvgIpc) is 3.28. The summed E-state index contributed by atoms with van der Waals surface area (Å²) in [6.07, 6.45) is 3.30. The highest BCUT2D eigenvalue weighted by Gasteiger charge is 2.34. The van der Waals surface area contributed by atoms with Gasteiger partial charge in [-0.25, -0.2) is 4.68 Å². The van der Waals surface area contributed by atoms with Crippen molar-refractivity contribution < 1.29 is 9.72 Å². The van der Waals surface area contributed by atoms with Crippen molar-refractivity contribution in [3.05, 3.63) is 106 Å². The van der Waals surface area contributed by atoms with Crippen LogP contribution in [-0.4, -0.2) is 30.6 Å². The summed E-state index contributed by atoms with van der Waals surface area (Å²) in [6.45, 7) is 1.80. The lowest BCUT2D eigenvalue weighted by atomic mass is 9.96. The van der Waals surface area contributed by atoms with Gasteiger partial charge >= 0.3 is 0 Å². The van der Waals surface area contributed by atoms with Gasteiger partial charge in [0.25, 0.3) is 11.6 Å². The summed E-state index contributed by atoms with van der Waals surface area (Å²) in [5.41, 5.74) is 3.01. The first kappa shape index (κ1) is 21.0. The molecule has 1 aliphatic rings. The number of carbonyl (C=O) groups is 1. The fourth-order valence-electron chi connectivity index (χ4n) is 3.90. The molecule has 1 atom stereocenters. The summed E-state index contributed by atoms with van der Waals surface area (Å²) >= 11 is 0. The second-order valence-corrected chi connectivity index (χ2v) is 7.68. The van der Waals surface area contributed by atoms with Crippen LogP contribution in [0.25, 0.3) is 11.4 Å². The van der Waals surface area contributed by atoms with E-state index in [1.165, 1.54) is 12.1 Å². The van der Waals surface area contributed by atoms with E-state index in [1.54, 1.807) is 36.1 Å². The quantitative estimate of drug-likeness (QED) is 0.343. The minimum atomic E-state index is -0.581. The molecule has 10 nitrogen and oxygen atoms in total. The molecule has 4 aromatic rings. The van der Waals surface area contributed by atoms with Crippen molar-refractivity contribution in [1.82, 2.24) is 19.7 Å². The van der Waals surface area contributed by atoms with Crippen molar-refractivity contribution in [2.45, 2.75) is 13.0 Å². The molecule has 1 unspecified atom stereocenters. The Morgan fingerprint density at radius 2 is 1.85 bits per heavy atom. The highest BCUT2D eigenvalue weighted by molar-refractivity contribution is 6.06. The predicted octanol–water partition coefficient (Wildman–Crippen LogP) is 4.18. The number of benzene rings is 2. The third-order valence-corrected chi connectivity index (χ3v) is 5.47. The number of anilines is 2. The third-order valence-electron chi connectivity index (χ3n) is 5.47. The number of allylic oxidation sites excluding steroid dienone is 1. The van der Waals surface area contributed by atoms with Gasteiger partial charge in [-0.15, -0.1) is 5.10 Å². The van der Waals surface area contributed by atoms with E-state index in [9.17, 15) is 14.9 Å². The minimum Gasteiger partial charge on any atom is -0.328 e. The average molecular weight is 453 g/mol. The molecule has 1 aliphatic heterocycles. The van der Waals surface area contributed by atoms with E-state index in [4.69, 9.17) is 0 Å². The Balaban J connectivity index is 1.59. The van der Waals surface area contributed by atoms with Gasteiger partial charge in [0.15, 0.2) is 5.82 Å². The van der Waals surface area contributed by atoms with E-state index >= 15 is 0 Å². The topological polar surface area (TPSA) is 128 Å². The Labute approximate surface area is 194 Å². The fraction of sp³-hybridized carbons (Fsp3) is 0.0833. The number of hydrogen-bond acceptors (Lipinski definition) is 7. The van der Waals surface area contributed by atoms with Gasteiger partial charge in [0, 0.05) is 41.5 Å². The summed E-state index contributed by atoms with van der Waals surface area (Å²) in [6, 6.07) is 18.4. The van der Waals surface area contributed by atoms with Gasteiger partial charge in [-0.2, -0.15) is 4.98 Å². The fourth-order valence-corrected chi connectivity index (χ4v) is 3.90. The van der Waals surface area contributed by atoms with E-state index in [0.717, 1.165) is 5.56 Å². The molecule has 0 aliphatic carbocycles. The van der Waals surface area contributed by atoms with E-state index in [2.05, 4.69) is 25.7 Å². The summed E-state index contributed by atoms with van der Waals surface area (Å²) in [5, 5.41) is 22.0. The van der Waals surface area contributed by atoms with Gasteiger partial charge in [0.05, 0.1) is 10.5 Å². The molecule has 34 heavy (non-hydrogen) atoms. The second kappa shape index (κ2) is 8.58. The Hall–Kier alpha value is -4.86. The van der Waals surface area contributed by atoms with Crippen molar-refractivity contribution in [1.29, 1.82) is 0 Å². The monoisotopic (exact) mass is 453 g/mol. The molecule has 168 valence electrons. The lowest BCUT2D eigenvalue weighted by molar-refractivity contribution is -0.384. The number of rotatable bonds is 5. The molecule has 10 heteroatoms. The van der Waals surface area contributed by atoms with Gasteiger partial charge in [-0.05, 0) is 36.8 Å². The van der Waals surface area contributed by atoms with Crippen molar-refractivity contribution >= 4 is 23.2 Å². The lowest BCUT2D eigenvalue weighted by Gasteiger charge is -2.28. The number of non-ortho nitro benzene ring substituents is 1. The molecular formula is C24H19N7O3. The molecule has 1 amide bonds. The van der Waals surface area contributed by atoms with Crippen LogP contribution in [0.5, 0.6) is 0 Å². The molecule has 0 bridgehead atoms. The molecule has 3 heterocycles. The first-order valence-corrected chi connectivity index (χ1v) is 10.5. The van der Waals surface area contributed by atoms with Crippen LogP contribution in [0.1, 0.15) is 18.5 Å². The van der Waals surface area contributed by atoms with Crippen LogP contribution in [0.3, 0.4) is 0 Å². The maximum Gasteiger partial charge on any atom is 0.270 e. The maximum absolute atomic E-state index is 13.4. The largest absolute Gasteiger partial charge is 0.328 e. The standard InChI is InChI=1S/C24H19N7O3/c1-15-20(23(32)27-18-7-3-2-4-8-18)21(16-10-12-25-13-11-16)30-24(26-15)28-22(29-30)17-6-5-9-19(14-17)31(33)34/h2-14,21H,1H3,(H,27,32)(H,26,28,29). The molecule has 2 aromatic carbocycles. The number of amides is 1. The van der Waals surface area contributed by atoms with Crippen LogP contribution in [0, 0.1) is 10.1 Å². The van der Waals surface area contributed by atoms with Gasteiger partial charge in [-0.3, -0.25) is 19.9 Å². The van der Waals surface area contributed by atoms with Crippen molar-refractivity contribution in [3.63, 3.8) is 0 Å². The van der Waals surface area contributed by atoms with Crippen molar-refractivity contribution in [2.24, 2.45) is 0 Å². The highest BCUT2D eigenvalue weighted by Crippen LogP contribution is 2.36. The molecule has 5 rings (SSSR count). The number of carbonyl (C=O) groups excluding carboxylic acids is 1. The number of nitrogens with zero attached hydrogens (tertiary/aromatic N) is 5. The number of nitro groups is 1. The molecule has 2 N–H and O–H groups in total. The summed E-state index contributed by atoms with van der Waals surface area (Å²) < 4.78 is 1.62. The summed E-state index contributed by atoms with van der Waals surface area (Å²) in [4.78, 5) is 32.8. The molecular weight excluding hydrogens is 434 g/mol. The van der Waals surface area contributed by atoms with Crippen LogP contribution in [0.2, 0.25) is 0 Å². The number of nitrogens with one attached hydrogen (secondary N) is 2. The van der Waals surface area contributed by atoms with E-state index < -0.39 is 11.0 Å². The van der Waals surface area contributed by atoms with Crippen LogP contribution in [0.15, 0.2) is 90.4 Å². The first-order chi connectivity index (χ1) is 16.5. The minimum absolute atomic E-state index is 0.0545. The SMILES string of the molecule is CC1=C(C(=O)Nc2ccccc2)C(c2ccncc2)n2nc(-c3cccc([N+](=O)[O-])c3)nc2N1. The Bertz CT molecular complexity index is 1420. The van der Waals surface area contributed by atoms with Crippen LogP contribution < -0.4 is 10.6 Å². The zero-order chi connectivity index (χ0) is 23.7. The van der Waals surface area contributed by atoms with Gasteiger partial charge in [0.2, 0.25) is 5.95 Å². The van der Waals surface area contributed by atoms with Crippen molar-refractivity contribution in [3.8, 4) is 11.4 Å². The Morgan fingerprint density at radius 3 is 2.59 bits per heavy atom. The zero-order valence-electron chi connectivity index (χ0n) is 18.0. The summed E-state index contributed by atoms with van der Waals surface area (Å²) in [7, 11) is 0. The number of nitro benzene ring substituents is 1. The number of hydrogen-bond donors (Lipinski definition) is 2. The lowest BCUT2D eigenvalue weighted by Crippen LogP contribution is -2.31. The van der Waals surface area contributed by atoms with Crippen molar-refractivity contribution in [2.75, 3.05) is 10.6 Å². The number of pyridine rings is 1. The number of aromatic nitrogens is 4. The molecule has 0 radical (unpaired) electrons. The van der Waals surface area contributed by atoms with Crippen LogP contribution >= 0.6 is 0 Å². The predicted molar refractivity (Wildman–Crippen MR) is 126 cm³/mol. The van der Waals surface area contributed by atoms with Gasteiger partial charge in [-0.1, -0.05) is 30.3 Å². The molecule has 0 spiro atoms. The van der Waals surface area contributed by atoms with Gasteiger partial charge < -0.3 is 10.6 Å². The Kier molecular flexibility index (Phi) is 5.30. The maximum atomic E-state index is 13.4. The molecule has 0 fully saturated rings. The second-order valence-electron chi connectivity index (χ2n) is 7.68. The Morgan fingerprint density at radius 1 is 1.09 bits per heavy atom. The number of para-hydroxylation sites is 1. The zero-order valence-corrected chi connectivity index (χ0v) is 18.0. The smallest absolute Gasteiger partial charge is 0.270 e.